The van der Waals surface area contributed by atoms with E-state index in [0.717, 1.165) is 5.56 Å². The van der Waals surface area contributed by atoms with Gasteiger partial charge < -0.3 is 15.4 Å². The van der Waals surface area contributed by atoms with Gasteiger partial charge in [0.05, 0.1) is 7.11 Å². The number of rotatable bonds is 5. The summed E-state index contributed by atoms with van der Waals surface area (Å²) in [7, 11) is 1.56. The average molecular weight is 342 g/mol. The molecule has 0 bridgehead atoms. The number of amides is 1. The molecule has 0 saturated carbocycles. The van der Waals surface area contributed by atoms with Gasteiger partial charge in [-0.15, -0.1) is 0 Å². The molecule has 0 atom stereocenters. The lowest BCUT2D eigenvalue weighted by atomic mass is 10.2. The third-order valence-corrected chi connectivity index (χ3v) is 3.68. The molecule has 0 saturated heterocycles. The van der Waals surface area contributed by atoms with Crippen LogP contribution in [0.15, 0.2) is 54.2 Å². The molecule has 5 nitrogen and oxygen atoms in total. The molecule has 1 amide bonds. The molecule has 0 aliphatic rings. The summed E-state index contributed by atoms with van der Waals surface area (Å²) in [6, 6.07) is 14.1. The Morgan fingerprint density at radius 2 is 1.88 bits per heavy atom. The zero-order valence-corrected chi connectivity index (χ0v) is 14.0. The van der Waals surface area contributed by atoms with Crippen LogP contribution in [0.1, 0.15) is 5.56 Å². The molecule has 0 spiro atoms. The summed E-state index contributed by atoms with van der Waals surface area (Å²) in [5, 5.41) is 15.3. The summed E-state index contributed by atoms with van der Waals surface area (Å²) in [6.07, 6.45) is 1.35. The van der Waals surface area contributed by atoms with E-state index >= 15 is 0 Å². The summed E-state index contributed by atoms with van der Waals surface area (Å²) in [4.78, 5) is 12.1. The Labute approximate surface area is 145 Å². The normalized spacial score (nSPS) is 10.7. The molecule has 0 unspecified atom stereocenters. The van der Waals surface area contributed by atoms with Crippen LogP contribution in [-0.4, -0.2) is 13.0 Å². The minimum atomic E-state index is -0.506. The molecular weight excluding hydrogens is 326 g/mol. The smallest absolute Gasteiger partial charge is 0.267 e. The first-order valence-electron chi connectivity index (χ1n) is 7.12. The van der Waals surface area contributed by atoms with Gasteiger partial charge in [-0.05, 0) is 48.9 Å². The Morgan fingerprint density at radius 1 is 1.21 bits per heavy atom. The van der Waals surface area contributed by atoms with Gasteiger partial charge in [0.15, 0.2) is 0 Å². The van der Waals surface area contributed by atoms with Gasteiger partial charge in [-0.2, -0.15) is 5.26 Å². The Hall–Kier alpha value is -2.97. The molecule has 2 aromatic carbocycles. The molecule has 6 heteroatoms. The number of hydrogen-bond acceptors (Lipinski definition) is 4. The van der Waals surface area contributed by atoms with Gasteiger partial charge in [0, 0.05) is 22.6 Å². The third-order valence-electron chi connectivity index (χ3n) is 3.27. The van der Waals surface area contributed by atoms with E-state index in [2.05, 4.69) is 10.6 Å². The van der Waals surface area contributed by atoms with Gasteiger partial charge in [-0.3, -0.25) is 4.79 Å². The highest BCUT2D eigenvalue weighted by Gasteiger charge is 2.09. The number of halogens is 1. The van der Waals surface area contributed by atoms with Crippen molar-refractivity contribution in [1.29, 1.82) is 5.26 Å². The predicted octanol–water partition coefficient (Wildman–Crippen LogP) is 4.12. The molecule has 24 heavy (non-hydrogen) atoms. The number of carbonyl (C=O) groups is 1. The largest absolute Gasteiger partial charge is 0.497 e. The second-order valence-corrected chi connectivity index (χ2v) is 5.37. The first-order chi connectivity index (χ1) is 11.5. The summed E-state index contributed by atoms with van der Waals surface area (Å²) in [5.74, 6) is 0.176. The molecule has 0 radical (unpaired) electrons. The number of anilines is 2. The fourth-order valence-electron chi connectivity index (χ4n) is 1.86. The summed E-state index contributed by atoms with van der Waals surface area (Å²) < 4.78 is 5.05. The Bertz CT molecular complexity index is 808. The van der Waals surface area contributed by atoms with E-state index in [4.69, 9.17) is 21.6 Å². The second-order valence-electron chi connectivity index (χ2n) is 4.96. The molecule has 0 fully saturated rings. The summed E-state index contributed by atoms with van der Waals surface area (Å²) in [6.45, 7) is 1.89. The van der Waals surface area contributed by atoms with Crippen molar-refractivity contribution < 1.29 is 9.53 Å². The van der Waals surface area contributed by atoms with E-state index in [1.807, 2.05) is 25.1 Å². The lowest BCUT2D eigenvalue weighted by Crippen LogP contribution is -2.14. The van der Waals surface area contributed by atoms with E-state index in [-0.39, 0.29) is 5.57 Å². The molecular formula is C18H16ClN3O2. The maximum Gasteiger partial charge on any atom is 0.267 e. The van der Waals surface area contributed by atoms with Crippen LogP contribution in [0.2, 0.25) is 5.02 Å². The molecule has 2 aromatic rings. The molecule has 2 N–H and O–H groups in total. The Kier molecular flexibility index (Phi) is 5.83. The number of carbonyl (C=O) groups excluding carboxylic acids is 1. The molecule has 2 rings (SSSR count). The minimum Gasteiger partial charge on any atom is -0.497 e. The molecule has 0 aliphatic heterocycles. The number of ether oxygens (including phenoxy) is 1. The highest BCUT2D eigenvalue weighted by atomic mass is 35.5. The van der Waals surface area contributed by atoms with Crippen LogP contribution in [0.5, 0.6) is 5.75 Å². The van der Waals surface area contributed by atoms with Gasteiger partial charge in [-0.25, -0.2) is 0 Å². The van der Waals surface area contributed by atoms with Crippen molar-refractivity contribution in [2.24, 2.45) is 0 Å². The molecule has 0 aromatic heterocycles. The van der Waals surface area contributed by atoms with Crippen LogP contribution >= 0.6 is 11.6 Å². The van der Waals surface area contributed by atoms with E-state index < -0.39 is 5.91 Å². The van der Waals surface area contributed by atoms with E-state index in [1.54, 1.807) is 37.4 Å². The van der Waals surface area contributed by atoms with E-state index in [1.165, 1.54) is 6.20 Å². The second kappa shape index (κ2) is 8.04. The third kappa shape index (κ3) is 4.51. The van der Waals surface area contributed by atoms with Crippen LogP contribution in [0.3, 0.4) is 0 Å². The van der Waals surface area contributed by atoms with Crippen molar-refractivity contribution in [2.45, 2.75) is 6.92 Å². The van der Waals surface area contributed by atoms with Gasteiger partial charge in [-0.1, -0.05) is 17.7 Å². The van der Waals surface area contributed by atoms with Crippen molar-refractivity contribution in [3.63, 3.8) is 0 Å². The lowest BCUT2D eigenvalue weighted by Gasteiger charge is -2.07. The molecule has 122 valence electrons. The Balaban J connectivity index is 2.07. The summed E-state index contributed by atoms with van der Waals surface area (Å²) >= 11 is 6.04. The fourth-order valence-corrected chi connectivity index (χ4v) is 2.04. The van der Waals surface area contributed by atoms with Crippen LogP contribution in [0, 0.1) is 18.3 Å². The number of aryl methyl sites for hydroxylation is 1. The number of methoxy groups -OCH3 is 1. The first-order valence-corrected chi connectivity index (χ1v) is 7.49. The van der Waals surface area contributed by atoms with Gasteiger partial charge >= 0.3 is 0 Å². The molecule has 0 heterocycles. The van der Waals surface area contributed by atoms with Gasteiger partial charge in [0.2, 0.25) is 0 Å². The quantitative estimate of drug-likeness (QED) is 0.634. The van der Waals surface area contributed by atoms with Gasteiger partial charge in [0.1, 0.15) is 17.4 Å². The maximum atomic E-state index is 12.1. The van der Waals surface area contributed by atoms with E-state index in [0.29, 0.717) is 22.1 Å². The fraction of sp³-hybridized carbons (Fsp3) is 0.111. The average Bonchev–Trinajstić information content (AvgIpc) is 2.59. The topological polar surface area (TPSA) is 74.1 Å². The zero-order valence-electron chi connectivity index (χ0n) is 13.3. The first kappa shape index (κ1) is 17.4. The molecule has 0 aliphatic carbocycles. The number of nitrogens with one attached hydrogen (secondary N) is 2. The van der Waals surface area contributed by atoms with Crippen LogP contribution < -0.4 is 15.4 Å². The van der Waals surface area contributed by atoms with Crippen molar-refractivity contribution >= 4 is 28.9 Å². The lowest BCUT2D eigenvalue weighted by molar-refractivity contribution is -0.112. The zero-order chi connectivity index (χ0) is 17.5. The van der Waals surface area contributed by atoms with Crippen LogP contribution in [0.25, 0.3) is 0 Å². The van der Waals surface area contributed by atoms with Crippen LogP contribution in [0.4, 0.5) is 11.4 Å². The summed E-state index contributed by atoms with van der Waals surface area (Å²) in [5.41, 5.74) is 2.15. The highest BCUT2D eigenvalue weighted by molar-refractivity contribution is 6.31. The minimum absolute atomic E-state index is 0.0532. The van der Waals surface area contributed by atoms with Crippen molar-refractivity contribution in [2.75, 3.05) is 17.7 Å². The number of nitrogens with zero attached hydrogens (tertiary/aromatic N) is 1. The predicted molar refractivity (Wildman–Crippen MR) is 95.1 cm³/mol. The SMILES string of the molecule is COc1ccc(NC(=O)/C(C#N)=C\Nc2ccc(C)c(Cl)c2)cc1. The van der Waals surface area contributed by atoms with E-state index in [9.17, 15) is 4.79 Å². The number of hydrogen-bond donors (Lipinski definition) is 2. The maximum absolute atomic E-state index is 12.1. The number of benzene rings is 2. The number of nitriles is 1. The van der Waals surface area contributed by atoms with Crippen molar-refractivity contribution in [3.05, 3.63) is 64.8 Å². The van der Waals surface area contributed by atoms with Crippen molar-refractivity contribution in [3.8, 4) is 11.8 Å². The monoisotopic (exact) mass is 341 g/mol. The highest BCUT2D eigenvalue weighted by Crippen LogP contribution is 2.20. The van der Waals surface area contributed by atoms with Crippen molar-refractivity contribution in [1.82, 2.24) is 0 Å². The van der Waals surface area contributed by atoms with Gasteiger partial charge in [0.25, 0.3) is 5.91 Å². The van der Waals surface area contributed by atoms with Crippen LogP contribution in [-0.2, 0) is 4.79 Å². The Morgan fingerprint density at radius 3 is 2.46 bits per heavy atom. The standard InChI is InChI=1S/C18H16ClN3O2/c1-12-3-4-15(9-17(12)19)21-11-13(10-20)18(23)22-14-5-7-16(24-2)8-6-14/h3-9,11,21H,1-2H3,(H,22,23)/b13-11-.